The van der Waals surface area contributed by atoms with Crippen molar-refractivity contribution in [3.8, 4) is 0 Å². The molecule has 1 aliphatic carbocycles. The molecule has 2 nitrogen and oxygen atoms in total. The van der Waals surface area contributed by atoms with Gasteiger partial charge in [0.25, 0.3) is 0 Å². The minimum absolute atomic E-state index is 0. The molecule has 0 amide bonds. The van der Waals surface area contributed by atoms with Crippen molar-refractivity contribution in [3.63, 3.8) is 0 Å². The Labute approximate surface area is 94.9 Å². The van der Waals surface area contributed by atoms with Crippen molar-refractivity contribution in [2.24, 2.45) is 5.73 Å². The van der Waals surface area contributed by atoms with Crippen LogP contribution in [0.25, 0.3) is 0 Å². The summed E-state index contributed by atoms with van der Waals surface area (Å²) in [6.45, 7) is 0.512. The molecule has 15 heavy (non-hydrogen) atoms. The van der Waals surface area contributed by atoms with Gasteiger partial charge >= 0.3 is 0 Å². The molecule has 2 rings (SSSR count). The van der Waals surface area contributed by atoms with Crippen LogP contribution in [0.5, 0.6) is 0 Å². The molecule has 2 aliphatic rings. The van der Waals surface area contributed by atoms with Crippen molar-refractivity contribution in [3.05, 3.63) is 0 Å². The van der Waals surface area contributed by atoms with E-state index in [1.54, 1.807) is 0 Å². The first-order valence-corrected chi connectivity index (χ1v) is 5.31. The van der Waals surface area contributed by atoms with Crippen LogP contribution in [-0.2, 0) is 4.74 Å². The molecule has 5 heteroatoms. The Morgan fingerprint density at radius 1 is 1.13 bits per heavy atom. The first-order chi connectivity index (χ1) is 6.55. The smallest absolute Gasteiger partial charge is 0.248 e. The van der Waals surface area contributed by atoms with Gasteiger partial charge in [0.2, 0.25) is 5.92 Å². The molecule has 2 N–H and O–H groups in total. The van der Waals surface area contributed by atoms with Crippen LogP contribution in [-0.4, -0.2) is 24.2 Å². The highest BCUT2D eigenvalue weighted by Crippen LogP contribution is 2.46. The standard InChI is InChI=1S/C10H17F2NO.ClH/c11-10(12)5-3-9(4-6-10)2-1-8(7-13)14-9;/h8H,1-7,13H2;1H. The molecule has 1 aliphatic heterocycles. The molecule has 1 heterocycles. The molecule has 0 radical (unpaired) electrons. The Balaban J connectivity index is 0.00000112. The van der Waals surface area contributed by atoms with Gasteiger partial charge in [0.1, 0.15) is 0 Å². The van der Waals surface area contributed by atoms with Crippen LogP contribution in [0, 0.1) is 0 Å². The van der Waals surface area contributed by atoms with Gasteiger partial charge in [-0.25, -0.2) is 8.78 Å². The summed E-state index contributed by atoms with van der Waals surface area (Å²) in [4.78, 5) is 0. The Morgan fingerprint density at radius 2 is 1.73 bits per heavy atom. The van der Waals surface area contributed by atoms with Gasteiger partial charge < -0.3 is 10.5 Å². The predicted octanol–water partition coefficient (Wildman–Crippen LogP) is 2.49. The Morgan fingerprint density at radius 3 is 2.20 bits per heavy atom. The molecular formula is C10H18ClF2NO. The molecule has 0 aromatic heterocycles. The molecule has 1 saturated heterocycles. The van der Waals surface area contributed by atoms with Gasteiger partial charge in [-0.2, -0.15) is 0 Å². The fourth-order valence-corrected chi connectivity index (χ4v) is 2.50. The van der Waals surface area contributed by atoms with Crippen LogP contribution in [0.15, 0.2) is 0 Å². The molecule has 2 fully saturated rings. The summed E-state index contributed by atoms with van der Waals surface area (Å²) in [5.74, 6) is -2.46. The Kier molecular flexibility index (Phi) is 3.95. The zero-order chi connectivity index (χ0) is 10.2. The van der Waals surface area contributed by atoms with E-state index in [0.29, 0.717) is 19.4 Å². The number of nitrogens with two attached hydrogens (primary N) is 1. The van der Waals surface area contributed by atoms with Crippen molar-refractivity contribution >= 4 is 12.4 Å². The average Bonchev–Trinajstić information content (AvgIpc) is 2.56. The van der Waals surface area contributed by atoms with Crippen molar-refractivity contribution in [2.75, 3.05) is 6.54 Å². The molecule has 0 bridgehead atoms. The third-order valence-electron chi connectivity index (χ3n) is 3.49. The summed E-state index contributed by atoms with van der Waals surface area (Å²) in [6.07, 6.45) is 2.89. The van der Waals surface area contributed by atoms with E-state index in [1.165, 1.54) is 0 Å². The lowest BCUT2D eigenvalue weighted by atomic mass is 9.81. The second kappa shape index (κ2) is 4.52. The third kappa shape index (κ3) is 2.80. The monoisotopic (exact) mass is 241 g/mol. The van der Waals surface area contributed by atoms with E-state index < -0.39 is 5.92 Å². The van der Waals surface area contributed by atoms with E-state index in [0.717, 1.165) is 12.8 Å². The normalized spacial score (nSPS) is 32.6. The number of hydrogen-bond donors (Lipinski definition) is 1. The SMILES string of the molecule is Cl.NCC1CCC2(CCC(F)(F)CC2)O1. The lowest BCUT2D eigenvalue weighted by molar-refractivity contribution is -0.125. The topological polar surface area (TPSA) is 35.2 Å². The largest absolute Gasteiger partial charge is 0.370 e. The first kappa shape index (κ1) is 13.1. The summed E-state index contributed by atoms with van der Waals surface area (Å²) in [7, 11) is 0. The van der Waals surface area contributed by atoms with Gasteiger partial charge in [-0.1, -0.05) is 0 Å². The van der Waals surface area contributed by atoms with E-state index in [1.807, 2.05) is 0 Å². The third-order valence-corrected chi connectivity index (χ3v) is 3.49. The highest BCUT2D eigenvalue weighted by molar-refractivity contribution is 5.85. The molecule has 1 atom stereocenters. The molecular weight excluding hydrogens is 224 g/mol. The predicted molar refractivity (Wildman–Crippen MR) is 56.6 cm³/mol. The summed E-state index contributed by atoms with van der Waals surface area (Å²) in [5, 5.41) is 0. The maximum Gasteiger partial charge on any atom is 0.248 e. The highest BCUT2D eigenvalue weighted by Gasteiger charge is 2.47. The van der Waals surface area contributed by atoms with Crippen molar-refractivity contribution in [1.29, 1.82) is 0 Å². The number of halogens is 3. The fourth-order valence-electron chi connectivity index (χ4n) is 2.50. The van der Waals surface area contributed by atoms with Crippen LogP contribution in [0.1, 0.15) is 38.5 Å². The van der Waals surface area contributed by atoms with Gasteiger partial charge in [-0.15, -0.1) is 12.4 Å². The zero-order valence-corrected chi connectivity index (χ0v) is 9.49. The Hall–Kier alpha value is 0.0700. The van der Waals surface area contributed by atoms with Crippen LogP contribution in [0.4, 0.5) is 8.78 Å². The quantitative estimate of drug-likeness (QED) is 0.766. The average molecular weight is 242 g/mol. The van der Waals surface area contributed by atoms with Crippen molar-refractivity contribution in [1.82, 2.24) is 0 Å². The van der Waals surface area contributed by atoms with Crippen LogP contribution in [0.3, 0.4) is 0 Å². The lowest BCUT2D eigenvalue weighted by Crippen LogP contribution is -2.39. The first-order valence-electron chi connectivity index (χ1n) is 5.31. The number of hydrogen-bond acceptors (Lipinski definition) is 2. The second-order valence-electron chi connectivity index (χ2n) is 4.55. The van der Waals surface area contributed by atoms with E-state index in [4.69, 9.17) is 10.5 Å². The maximum absolute atomic E-state index is 12.9. The molecule has 0 aromatic carbocycles. The summed E-state index contributed by atoms with van der Waals surface area (Å²) in [5.41, 5.74) is 5.25. The second-order valence-corrected chi connectivity index (χ2v) is 4.55. The molecule has 1 spiro atoms. The molecule has 1 unspecified atom stereocenters. The summed E-state index contributed by atoms with van der Waals surface area (Å²) in [6, 6.07) is 0. The van der Waals surface area contributed by atoms with E-state index in [2.05, 4.69) is 0 Å². The van der Waals surface area contributed by atoms with Crippen molar-refractivity contribution < 1.29 is 13.5 Å². The lowest BCUT2D eigenvalue weighted by Gasteiger charge is -2.36. The van der Waals surface area contributed by atoms with Crippen LogP contribution < -0.4 is 5.73 Å². The van der Waals surface area contributed by atoms with Gasteiger partial charge in [-0.05, 0) is 25.7 Å². The number of ether oxygens (including phenoxy) is 1. The molecule has 90 valence electrons. The number of alkyl halides is 2. The van der Waals surface area contributed by atoms with Gasteiger partial charge in [0.15, 0.2) is 0 Å². The van der Waals surface area contributed by atoms with Gasteiger partial charge in [0.05, 0.1) is 11.7 Å². The minimum Gasteiger partial charge on any atom is -0.370 e. The van der Waals surface area contributed by atoms with Crippen LogP contribution in [0.2, 0.25) is 0 Å². The molecule has 1 saturated carbocycles. The summed E-state index contributed by atoms with van der Waals surface area (Å²) < 4.78 is 31.7. The van der Waals surface area contributed by atoms with E-state index >= 15 is 0 Å². The van der Waals surface area contributed by atoms with Gasteiger partial charge in [0, 0.05) is 19.4 Å². The summed E-state index contributed by atoms with van der Waals surface area (Å²) >= 11 is 0. The highest BCUT2D eigenvalue weighted by atomic mass is 35.5. The Bertz CT molecular complexity index is 215. The van der Waals surface area contributed by atoms with Crippen molar-refractivity contribution in [2.45, 2.75) is 56.2 Å². The van der Waals surface area contributed by atoms with Gasteiger partial charge in [-0.3, -0.25) is 0 Å². The van der Waals surface area contributed by atoms with E-state index in [9.17, 15) is 8.78 Å². The molecule has 0 aromatic rings. The zero-order valence-electron chi connectivity index (χ0n) is 8.68. The van der Waals surface area contributed by atoms with Crippen LogP contribution >= 0.6 is 12.4 Å². The van der Waals surface area contributed by atoms with E-state index in [-0.39, 0.29) is 37.0 Å². The number of rotatable bonds is 1. The minimum atomic E-state index is -2.46. The maximum atomic E-state index is 12.9. The fraction of sp³-hybridized carbons (Fsp3) is 1.00.